The molecule has 0 amide bonds. The molecule has 0 bridgehead atoms. The first-order valence-electron chi connectivity index (χ1n) is 10.0. The zero-order chi connectivity index (χ0) is 19.5. The molecule has 1 aromatic rings. The fourth-order valence-electron chi connectivity index (χ4n) is 3.33. The number of nitrogens with one attached hydrogen (secondary N) is 2. The van der Waals surface area contributed by atoms with Gasteiger partial charge in [-0.2, -0.15) is 0 Å². The Kier molecular flexibility index (Phi) is 9.04. The molecule has 27 heavy (non-hydrogen) atoms. The quantitative estimate of drug-likeness (QED) is 0.391. The Labute approximate surface area is 165 Å². The van der Waals surface area contributed by atoms with Gasteiger partial charge < -0.3 is 20.3 Å². The fraction of sp³-hybridized carbons (Fsp3) is 0.667. The third-order valence-corrected chi connectivity index (χ3v) is 5.08. The van der Waals surface area contributed by atoms with Crippen molar-refractivity contribution in [2.45, 2.75) is 32.4 Å². The lowest BCUT2D eigenvalue weighted by Crippen LogP contribution is -2.56. The molecule has 0 spiro atoms. The number of guanidine groups is 1. The van der Waals surface area contributed by atoms with Crippen LogP contribution in [0.25, 0.3) is 0 Å². The van der Waals surface area contributed by atoms with E-state index in [9.17, 15) is 0 Å². The molecule has 2 rings (SSSR count). The molecule has 0 saturated carbocycles. The van der Waals surface area contributed by atoms with E-state index in [1.54, 1.807) is 0 Å². The van der Waals surface area contributed by atoms with Crippen LogP contribution >= 0.6 is 0 Å². The second-order valence-corrected chi connectivity index (χ2v) is 7.84. The van der Waals surface area contributed by atoms with Crippen LogP contribution in [0.5, 0.6) is 0 Å². The Hall–Kier alpha value is -1.63. The van der Waals surface area contributed by atoms with Crippen LogP contribution in [-0.2, 0) is 11.3 Å². The highest BCUT2D eigenvalue weighted by Crippen LogP contribution is 2.14. The van der Waals surface area contributed by atoms with Crippen LogP contribution in [0.3, 0.4) is 0 Å². The maximum Gasteiger partial charge on any atom is 0.191 e. The number of aliphatic imine (C=N–C) groups is 1. The summed E-state index contributed by atoms with van der Waals surface area (Å²) in [6.07, 6.45) is 1.08. The second-order valence-electron chi connectivity index (χ2n) is 7.84. The molecule has 1 heterocycles. The summed E-state index contributed by atoms with van der Waals surface area (Å²) in [5, 5.41) is 6.91. The number of hydrogen-bond acceptors (Lipinski definition) is 4. The molecule has 0 atom stereocenters. The predicted molar refractivity (Wildman–Crippen MR) is 113 cm³/mol. The molecule has 1 aliphatic heterocycles. The highest BCUT2D eigenvalue weighted by molar-refractivity contribution is 5.79. The normalized spacial score (nSPS) is 16.6. The maximum absolute atomic E-state index is 5.46. The highest BCUT2D eigenvalue weighted by Gasteiger charge is 2.28. The minimum atomic E-state index is 0.0807. The van der Waals surface area contributed by atoms with Gasteiger partial charge in [-0.3, -0.25) is 9.89 Å². The van der Waals surface area contributed by atoms with Crippen LogP contribution in [0.4, 0.5) is 0 Å². The predicted octanol–water partition coefficient (Wildman–Crippen LogP) is 1.78. The van der Waals surface area contributed by atoms with Crippen molar-refractivity contribution in [3.8, 4) is 0 Å². The molecule has 152 valence electrons. The van der Waals surface area contributed by atoms with Crippen molar-refractivity contribution in [2.24, 2.45) is 4.99 Å². The average Bonchev–Trinajstić information content (AvgIpc) is 2.69. The van der Waals surface area contributed by atoms with Gasteiger partial charge in [0.2, 0.25) is 0 Å². The van der Waals surface area contributed by atoms with E-state index in [4.69, 9.17) is 4.74 Å². The van der Waals surface area contributed by atoms with Crippen LogP contribution in [0.2, 0.25) is 0 Å². The smallest absolute Gasteiger partial charge is 0.191 e. The summed E-state index contributed by atoms with van der Waals surface area (Å²) in [5.41, 5.74) is 1.44. The first-order chi connectivity index (χ1) is 13.0. The topological polar surface area (TPSA) is 52.1 Å². The standard InChI is InChI=1S/C21H37N5O/c1-21(2,26-13-15-27-16-14-26)18-24-20(22-3)23-11-8-12-25(4)17-19-9-6-5-7-10-19/h5-7,9-10H,8,11-18H2,1-4H3,(H2,22,23,24). The number of rotatable bonds is 9. The summed E-state index contributed by atoms with van der Waals surface area (Å²) in [7, 11) is 4.00. The molecular weight excluding hydrogens is 338 g/mol. The van der Waals surface area contributed by atoms with E-state index in [1.807, 2.05) is 7.05 Å². The number of morpholine rings is 1. The molecule has 1 aromatic carbocycles. The minimum Gasteiger partial charge on any atom is -0.379 e. The van der Waals surface area contributed by atoms with Gasteiger partial charge in [0.1, 0.15) is 0 Å². The lowest BCUT2D eigenvalue weighted by atomic mass is 10.0. The fourth-order valence-corrected chi connectivity index (χ4v) is 3.33. The Morgan fingerprint density at radius 3 is 2.56 bits per heavy atom. The molecule has 0 aromatic heterocycles. The van der Waals surface area contributed by atoms with Crippen molar-refractivity contribution in [3.63, 3.8) is 0 Å². The summed E-state index contributed by atoms with van der Waals surface area (Å²) in [4.78, 5) is 9.20. The van der Waals surface area contributed by atoms with Crippen LogP contribution in [0, 0.1) is 0 Å². The summed E-state index contributed by atoms with van der Waals surface area (Å²) in [5.74, 6) is 0.877. The van der Waals surface area contributed by atoms with Gasteiger partial charge in [-0.15, -0.1) is 0 Å². The minimum absolute atomic E-state index is 0.0807. The van der Waals surface area contributed by atoms with E-state index in [-0.39, 0.29) is 5.54 Å². The average molecular weight is 376 g/mol. The number of benzene rings is 1. The van der Waals surface area contributed by atoms with Crippen molar-refractivity contribution in [3.05, 3.63) is 35.9 Å². The van der Waals surface area contributed by atoms with Gasteiger partial charge in [0, 0.05) is 45.3 Å². The Balaban J connectivity index is 1.63. The summed E-state index contributed by atoms with van der Waals surface area (Å²) < 4.78 is 5.46. The molecule has 0 aliphatic carbocycles. The molecular formula is C21H37N5O. The SMILES string of the molecule is CN=C(NCCCN(C)Cc1ccccc1)NCC(C)(C)N1CCOCC1. The van der Waals surface area contributed by atoms with Crippen LogP contribution in [0.15, 0.2) is 35.3 Å². The summed E-state index contributed by atoms with van der Waals surface area (Å²) in [6.45, 7) is 12.0. The Morgan fingerprint density at radius 2 is 1.89 bits per heavy atom. The van der Waals surface area contributed by atoms with Gasteiger partial charge in [0.15, 0.2) is 5.96 Å². The van der Waals surface area contributed by atoms with Crippen LogP contribution < -0.4 is 10.6 Å². The zero-order valence-electron chi connectivity index (χ0n) is 17.5. The van der Waals surface area contributed by atoms with Gasteiger partial charge in [-0.25, -0.2) is 0 Å². The van der Waals surface area contributed by atoms with Gasteiger partial charge in [-0.1, -0.05) is 30.3 Å². The molecule has 1 fully saturated rings. The van der Waals surface area contributed by atoms with E-state index in [2.05, 4.69) is 76.7 Å². The molecule has 1 saturated heterocycles. The first-order valence-corrected chi connectivity index (χ1v) is 10.0. The van der Waals surface area contributed by atoms with Crippen LogP contribution in [-0.4, -0.2) is 81.3 Å². The third kappa shape index (κ3) is 7.87. The molecule has 1 aliphatic rings. The van der Waals surface area contributed by atoms with E-state index in [1.165, 1.54) is 5.56 Å². The second kappa shape index (κ2) is 11.3. The summed E-state index contributed by atoms with van der Waals surface area (Å²) in [6, 6.07) is 10.6. The maximum atomic E-state index is 5.46. The van der Waals surface area contributed by atoms with E-state index in [0.29, 0.717) is 0 Å². The van der Waals surface area contributed by atoms with Crippen molar-refractivity contribution in [1.29, 1.82) is 0 Å². The Morgan fingerprint density at radius 1 is 1.19 bits per heavy atom. The molecule has 0 unspecified atom stereocenters. The van der Waals surface area contributed by atoms with Crippen molar-refractivity contribution in [1.82, 2.24) is 20.4 Å². The largest absolute Gasteiger partial charge is 0.379 e. The lowest BCUT2D eigenvalue weighted by Gasteiger charge is -2.41. The lowest BCUT2D eigenvalue weighted by molar-refractivity contribution is -0.00833. The van der Waals surface area contributed by atoms with Gasteiger partial charge in [-0.05, 0) is 39.4 Å². The van der Waals surface area contributed by atoms with E-state index < -0.39 is 0 Å². The third-order valence-electron chi connectivity index (χ3n) is 5.08. The van der Waals surface area contributed by atoms with Crippen molar-refractivity contribution < 1.29 is 4.74 Å². The van der Waals surface area contributed by atoms with Crippen LogP contribution in [0.1, 0.15) is 25.8 Å². The van der Waals surface area contributed by atoms with Gasteiger partial charge >= 0.3 is 0 Å². The molecule has 2 N–H and O–H groups in total. The first kappa shape index (κ1) is 21.7. The molecule has 6 heteroatoms. The number of hydrogen-bond donors (Lipinski definition) is 2. The van der Waals surface area contributed by atoms with E-state index in [0.717, 1.165) is 64.9 Å². The number of ether oxygens (including phenoxy) is 1. The van der Waals surface area contributed by atoms with E-state index >= 15 is 0 Å². The van der Waals surface area contributed by atoms with Gasteiger partial charge in [0.05, 0.1) is 13.2 Å². The highest BCUT2D eigenvalue weighted by atomic mass is 16.5. The van der Waals surface area contributed by atoms with Crippen molar-refractivity contribution >= 4 is 5.96 Å². The van der Waals surface area contributed by atoms with Crippen molar-refractivity contribution in [2.75, 3.05) is 60.0 Å². The van der Waals surface area contributed by atoms with Gasteiger partial charge in [0.25, 0.3) is 0 Å². The Bertz CT molecular complexity index is 555. The monoisotopic (exact) mass is 375 g/mol. The molecule has 6 nitrogen and oxygen atoms in total. The zero-order valence-corrected chi connectivity index (χ0v) is 17.5. The molecule has 0 radical (unpaired) electrons. The summed E-state index contributed by atoms with van der Waals surface area (Å²) >= 11 is 0. The number of nitrogens with zero attached hydrogens (tertiary/aromatic N) is 3.